The molecule has 2 heterocycles. The average Bonchev–Trinajstić information content (AvgIpc) is 2.43. The van der Waals surface area contributed by atoms with Gasteiger partial charge in [-0.1, -0.05) is 0 Å². The summed E-state index contributed by atoms with van der Waals surface area (Å²) in [4.78, 5) is 34.3. The Labute approximate surface area is 121 Å². The third-order valence-corrected chi connectivity index (χ3v) is 3.74. The number of carbonyl (C=O) groups excluding carboxylic acids is 3. The van der Waals surface area contributed by atoms with Crippen molar-refractivity contribution in [2.75, 3.05) is 16.4 Å². The van der Waals surface area contributed by atoms with Crippen molar-refractivity contribution < 1.29 is 14.4 Å². The molecule has 21 heavy (non-hydrogen) atoms. The Balaban J connectivity index is 1.82. The maximum atomic E-state index is 11.8. The van der Waals surface area contributed by atoms with Crippen LogP contribution in [0.5, 0.6) is 0 Å². The van der Waals surface area contributed by atoms with Gasteiger partial charge in [0.05, 0.1) is 11.4 Å². The Morgan fingerprint density at radius 1 is 1.05 bits per heavy atom. The fraction of sp³-hybridized carbons (Fsp3) is 0.357. The van der Waals surface area contributed by atoms with Crippen LogP contribution in [0.1, 0.15) is 24.8 Å². The summed E-state index contributed by atoms with van der Waals surface area (Å²) >= 11 is 0. The SMILES string of the molecule is Nc1cc2c(cc1NC1CCC(=O)NC1=O)NC(=O)CC2. The third-order valence-electron chi connectivity index (χ3n) is 3.74. The van der Waals surface area contributed by atoms with E-state index in [2.05, 4.69) is 16.0 Å². The Morgan fingerprint density at radius 2 is 1.81 bits per heavy atom. The first kappa shape index (κ1) is 13.4. The molecule has 2 aliphatic heterocycles. The predicted octanol–water partition coefficient (Wildman–Crippen LogP) is 0.371. The summed E-state index contributed by atoms with van der Waals surface area (Å²) in [6.45, 7) is 0. The second-order valence-corrected chi connectivity index (χ2v) is 5.29. The summed E-state index contributed by atoms with van der Waals surface area (Å²) in [7, 11) is 0. The molecule has 7 heteroatoms. The van der Waals surface area contributed by atoms with Crippen molar-refractivity contribution in [1.29, 1.82) is 0 Å². The number of imide groups is 1. The summed E-state index contributed by atoms with van der Waals surface area (Å²) in [5.41, 5.74) is 8.81. The molecule has 0 radical (unpaired) electrons. The maximum Gasteiger partial charge on any atom is 0.249 e. The Morgan fingerprint density at radius 3 is 2.57 bits per heavy atom. The van der Waals surface area contributed by atoms with Crippen LogP contribution in [0, 0.1) is 0 Å². The Kier molecular flexibility index (Phi) is 3.25. The molecule has 2 aliphatic rings. The van der Waals surface area contributed by atoms with Crippen LogP contribution in [-0.2, 0) is 20.8 Å². The first-order valence-electron chi connectivity index (χ1n) is 6.85. The van der Waals surface area contributed by atoms with Crippen molar-refractivity contribution >= 4 is 34.8 Å². The smallest absolute Gasteiger partial charge is 0.249 e. The van der Waals surface area contributed by atoms with Gasteiger partial charge >= 0.3 is 0 Å². The number of fused-ring (bicyclic) bond motifs is 1. The molecule has 1 unspecified atom stereocenters. The zero-order valence-corrected chi connectivity index (χ0v) is 11.4. The third kappa shape index (κ3) is 2.67. The fourth-order valence-corrected chi connectivity index (χ4v) is 2.59. The number of benzene rings is 1. The van der Waals surface area contributed by atoms with Crippen LogP contribution in [0.15, 0.2) is 12.1 Å². The number of hydrogen-bond acceptors (Lipinski definition) is 5. The van der Waals surface area contributed by atoms with Gasteiger partial charge in [0.15, 0.2) is 0 Å². The predicted molar refractivity (Wildman–Crippen MR) is 77.6 cm³/mol. The maximum absolute atomic E-state index is 11.8. The molecule has 0 aromatic heterocycles. The van der Waals surface area contributed by atoms with E-state index in [9.17, 15) is 14.4 Å². The van der Waals surface area contributed by atoms with Crippen LogP contribution >= 0.6 is 0 Å². The lowest BCUT2D eigenvalue weighted by Crippen LogP contribution is -2.47. The van der Waals surface area contributed by atoms with Crippen LogP contribution in [-0.4, -0.2) is 23.8 Å². The van der Waals surface area contributed by atoms with E-state index < -0.39 is 6.04 Å². The molecular weight excluding hydrogens is 272 g/mol. The minimum Gasteiger partial charge on any atom is -0.397 e. The van der Waals surface area contributed by atoms with Crippen molar-refractivity contribution in [3.05, 3.63) is 17.7 Å². The molecule has 0 spiro atoms. The molecule has 1 aromatic rings. The van der Waals surface area contributed by atoms with Crippen molar-refractivity contribution in [2.24, 2.45) is 0 Å². The van der Waals surface area contributed by atoms with Gasteiger partial charge in [0, 0.05) is 18.5 Å². The summed E-state index contributed by atoms with van der Waals surface area (Å²) in [6, 6.07) is 3.05. The number of rotatable bonds is 2. The molecule has 3 amide bonds. The molecule has 1 atom stereocenters. The van der Waals surface area contributed by atoms with Gasteiger partial charge in [0.1, 0.15) is 6.04 Å². The summed E-state index contributed by atoms with van der Waals surface area (Å²) in [5.74, 6) is -0.643. The van der Waals surface area contributed by atoms with Gasteiger partial charge in [-0.25, -0.2) is 0 Å². The zero-order valence-electron chi connectivity index (χ0n) is 11.4. The molecule has 0 bridgehead atoms. The van der Waals surface area contributed by atoms with E-state index in [-0.39, 0.29) is 17.7 Å². The summed E-state index contributed by atoms with van der Waals surface area (Å²) in [5, 5.41) is 8.13. The van der Waals surface area contributed by atoms with Crippen molar-refractivity contribution in [2.45, 2.75) is 31.7 Å². The topological polar surface area (TPSA) is 113 Å². The highest BCUT2D eigenvalue weighted by atomic mass is 16.2. The van der Waals surface area contributed by atoms with Gasteiger partial charge in [-0.05, 0) is 30.5 Å². The number of amides is 3. The number of anilines is 3. The van der Waals surface area contributed by atoms with Gasteiger partial charge in [-0.15, -0.1) is 0 Å². The van der Waals surface area contributed by atoms with E-state index in [1.807, 2.05) is 6.07 Å². The van der Waals surface area contributed by atoms with E-state index in [1.54, 1.807) is 6.07 Å². The molecular formula is C14H16N4O3. The lowest BCUT2D eigenvalue weighted by molar-refractivity contribution is -0.133. The number of carbonyl (C=O) groups is 3. The minimum absolute atomic E-state index is 0.0285. The highest BCUT2D eigenvalue weighted by molar-refractivity contribution is 6.02. The van der Waals surface area contributed by atoms with Gasteiger partial charge < -0.3 is 16.4 Å². The molecule has 0 saturated carbocycles. The van der Waals surface area contributed by atoms with Crippen molar-refractivity contribution in [3.8, 4) is 0 Å². The van der Waals surface area contributed by atoms with Crippen molar-refractivity contribution in [1.82, 2.24) is 5.32 Å². The van der Waals surface area contributed by atoms with Crippen LogP contribution in [0.25, 0.3) is 0 Å². The minimum atomic E-state index is -0.498. The van der Waals surface area contributed by atoms with Crippen LogP contribution in [0.4, 0.5) is 17.1 Å². The molecule has 3 rings (SSSR count). The first-order chi connectivity index (χ1) is 10.0. The lowest BCUT2D eigenvalue weighted by atomic mass is 10.0. The van der Waals surface area contributed by atoms with Gasteiger partial charge in [-0.3, -0.25) is 19.7 Å². The van der Waals surface area contributed by atoms with Gasteiger partial charge in [-0.2, -0.15) is 0 Å². The Hall–Kier alpha value is -2.57. The fourth-order valence-electron chi connectivity index (χ4n) is 2.59. The molecule has 7 nitrogen and oxygen atoms in total. The second kappa shape index (κ2) is 5.08. The monoisotopic (exact) mass is 288 g/mol. The molecule has 1 fully saturated rings. The zero-order chi connectivity index (χ0) is 15.0. The standard InChI is InChI=1S/C14H16N4O3/c15-8-5-7-1-3-12(19)17-10(7)6-11(8)16-9-2-4-13(20)18-14(9)21/h5-6,9,16H,1-4,15H2,(H,17,19)(H,18,20,21). The average molecular weight is 288 g/mol. The van der Waals surface area contributed by atoms with Gasteiger partial charge in [0.25, 0.3) is 0 Å². The van der Waals surface area contributed by atoms with E-state index in [1.165, 1.54) is 0 Å². The number of nitrogens with one attached hydrogen (secondary N) is 3. The molecule has 5 N–H and O–H groups in total. The molecule has 0 aliphatic carbocycles. The largest absolute Gasteiger partial charge is 0.397 e. The number of nitrogens with two attached hydrogens (primary N) is 1. The molecule has 110 valence electrons. The van der Waals surface area contributed by atoms with E-state index in [0.717, 1.165) is 11.3 Å². The van der Waals surface area contributed by atoms with Crippen LogP contribution in [0.2, 0.25) is 0 Å². The lowest BCUT2D eigenvalue weighted by Gasteiger charge is -2.25. The number of aryl methyl sites for hydroxylation is 1. The first-order valence-corrected chi connectivity index (χ1v) is 6.85. The van der Waals surface area contributed by atoms with Gasteiger partial charge in [0.2, 0.25) is 17.7 Å². The highest BCUT2D eigenvalue weighted by Gasteiger charge is 2.27. The molecule has 1 aromatic carbocycles. The van der Waals surface area contributed by atoms with Crippen LogP contribution < -0.4 is 21.7 Å². The Bertz CT molecular complexity index is 641. The number of nitrogen functional groups attached to an aromatic ring is 1. The quantitative estimate of drug-likeness (QED) is 0.464. The summed E-state index contributed by atoms with van der Waals surface area (Å²) < 4.78 is 0. The normalized spacial score (nSPS) is 21.3. The second-order valence-electron chi connectivity index (χ2n) is 5.29. The molecule has 1 saturated heterocycles. The highest BCUT2D eigenvalue weighted by Crippen LogP contribution is 2.31. The van der Waals surface area contributed by atoms with E-state index in [4.69, 9.17) is 5.73 Å². The van der Waals surface area contributed by atoms with E-state index >= 15 is 0 Å². The van der Waals surface area contributed by atoms with Crippen LogP contribution in [0.3, 0.4) is 0 Å². The number of hydrogen-bond donors (Lipinski definition) is 4. The van der Waals surface area contributed by atoms with Crippen molar-refractivity contribution in [3.63, 3.8) is 0 Å². The number of piperidine rings is 1. The van der Waals surface area contributed by atoms with E-state index in [0.29, 0.717) is 37.1 Å². The summed E-state index contributed by atoms with van der Waals surface area (Å²) in [6.07, 6.45) is 1.83.